The van der Waals surface area contributed by atoms with Crippen molar-refractivity contribution in [3.63, 3.8) is 0 Å². The number of nitrogens with two attached hydrogens (primary N) is 1. The number of hydrogen-bond donors (Lipinski definition) is 2. The van der Waals surface area contributed by atoms with E-state index in [4.69, 9.17) is 5.73 Å². The smallest absolute Gasteiger partial charge is 0.0552 e. The zero-order valence-corrected chi connectivity index (χ0v) is 8.39. The molecule has 0 unspecified atom stereocenters. The van der Waals surface area contributed by atoms with Crippen molar-refractivity contribution < 1.29 is 0 Å². The van der Waals surface area contributed by atoms with E-state index in [-0.39, 0.29) is 0 Å². The second-order valence-corrected chi connectivity index (χ2v) is 3.16. The summed E-state index contributed by atoms with van der Waals surface area (Å²) in [6.07, 6.45) is 1.81. The highest BCUT2D eigenvalue weighted by molar-refractivity contribution is 5.67. The molecule has 0 aliphatic carbocycles. The molecule has 0 aromatic heterocycles. The van der Waals surface area contributed by atoms with Crippen molar-refractivity contribution in [2.45, 2.75) is 13.8 Å². The van der Waals surface area contributed by atoms with Gasteiger partial charge in [0.05, 0.1) is 5.70 Å². The van der Waals surface area contributed by atoms with Crippen molar-refractivity contribution in [2.75, 3.05) is 7.05 Å². The van der Waals surface area contributed by atoms with Crippen LogP contribution in [0.4, 0.5) is 0 Å². The lowest BCUT2D eigenvalue weighted by molar-refractivity contribution is 1.10. The Morgan fingerprint density at radius 2 is 1.85 bits per heavy atom. The predicted octanol–water partition coefficient (Wildman–Crippen LogP) is 1.78. The van der Waals surface area contributed by atoms with Gasteiger partial charge in [-0.1, -0.05) is 18.2 Å². The number of hydrogen-bond acceptors (Lipinski definition) is 2. The molecule has 1 rings (SSSR count). The lowest BCUT2D eigenvalue weighted by Gasteiger charge is -2.09. The Labute approximate surface area is 79.5 Å². The molecule has 0 spiro atoms. The number of nitrogens with one attached hydrogen (secondary N) is 1. The zero-order chi connectivity index (χ0) is 9.84. The molecule has 1 aromatic rings. The summed E-state index contributed by atoms with van der Waals surface area (Å²) in [5.41, 5.74) is 10.3. The highest BCUT2D eigenvalue weighted by Crippen LogP contribution is 2.18. The number of benzene rings is 1. The second-order valence-electron chi connectivity index (χ2n) is 3.16. The van der Waals surface area contributed by atoms with Crippen LogP contribution < -0.4 is 11.1 Å². The van der Waals surface area contributed by atoms with Gasteiger partial charge >= 0.3 is 0 Å². The number of rotatable bonds is 2. The predicted molar refractivity (Wildman–Crippen MR) is 57.1 cm³/mol. The Hall–Kier alpha value is -1.44. The largest absolute Gasteiger partial charge is 0.397 e. The fourth-order valence-electron chi connectivity index (χ4n) is 1.50. The fourth-order valence-corrected chi connectivity index (χ4v) is 1.50. The van der Waals surface area contributed by atoms with E-state index in [0.29, 0.717) is 0 Å². The van der Waals surface area contributed by atoms with Crippen molar-refractivity contribution in [3.8, 4) is 0 Å². The average Bonchev–Trinajstić information content (AvgIpc) is 2.04. The molecule has 2 nitrogen and oxygen atoms in total. The summed E-state index contributed by atoms with van der Waals surface area (Å²) in [4.78, 5) is 0. The molecule has 0 bridgehead atoms. The summed E-state index contributed by atoms with van der Waals surface area (Å²) < 4.78 is 0. The molecule has 1 aromatic carbocycles. The Morgan fingerprint density at radius 3 is 2.31 bits per heavy atom. The van der Waals surface area contributed by atoms with Crippen molar-refractivity contribution in [2.24, 2.45) is 5.73 Å². The van der Waals surface area contributed by atoms with Crippen molar-refractivity contribution in [1.29, 1.82) is 0 Å². The minimum Gasteiger partial charge on any atom is -0.397 e. The molecule has 0 atom stereocenters. The minimum atomic E-state index is 0.790. The van der Waals surface area contributed by atoms with E-state index in [1.807, 2.05) is 19.3 Å². The van der Waals surface area contributed by atoms with Gasteiger partial charge in [0.15, 0.2) is 0 Å². The Bertz CT molecular complexity index is 307. The molecular formula is C11H16N2. The van der Waals surface area contributed by atoms with Crippen LogP contribution in [-0.4, -0.2) is 7.05 Å². The van der Waals surface area contributed by atoms with E-state index in [0.717, 1.165) is 11.3 Å². The van der Waals surface area contributed by atoms with E-state index in [1.54, 1.807) is 0 Å². The van der Waals surface area contributed by atoms with E-state index in [9.17, 15) is 0 Å². The molecule has 0 saturated carbocycles. The van der Waals surface area contributed by atoms with Crippen molar-refractivity contribution >= 4 is 5.70 Å². The molecule has 0 fully saturated rings. The normalized spacial score (nSPS) is 11.5. The first-order chi connectivity index (χ1) is 6.16. The van der Waals surface area contributed by atoms with Crippen LogP contribution in [0, 0.1) is 13.8 Å². The van der Waals surface area contributed by atoms with Crippen LogP contribution in [0.15, 0.2) is 24.4 Å². The van der Waals surface area contributed by atoms with Crippen LogP contribution in [0.2, 0.25) is 0 Å². The van der Waals surface area contributed by atoms with Gasteiger partial charge < -0.3 is 11.1 Å². The molecule has 2 heteroatoms. The Balaban J connectivity index is 3.20. The molecule has 13 heavy (non-hydrogen) atoms. The van der Waals surface area contributed by atoms with Crippen molar-refractivity contribution in [1.82, 2.24) is 5.32 Å². The van der Waals surface area contributed by atoms with E-state index in [1.165, 1.54) is 11.1 Å². The molecule has 0 aliphatic heterocycles. The highest BCUT2D eigenvalue weighted by atomic mass is 14.8. The van der Waals surface area contributed by atoms with Gasteiger partial charge in [-0.2, -0.15) is 0 Å². The first kappa shape index (κ1) is 9.65. The average molecular weight is 176 g/mol. The van der Waals surface area contributed by atoms with Crippen LogP contribution in [0.25, 0.3) is 5.70 Å². The van der Waals surface area contributed by atoms with Gasteiger partial charge in [-0.15, -0.1) is 0 Å². The first-order valence-electron chi connectivity index (χ1n) is 4.36. The monoisotopic (exact) mass is 176 g/mol. The van der Waals surface area contributed by atoms with Gasteiger partial charge in [-0.3, -0.25) is 0 Å². The minimum absolute atomic E-state index is 0.790. The molecule has 0 radical (unpaired) electrons. The van der Waals surface area contributed by atoms with Crippen LogP contribution in [0.1, 0.15) is 16.7 Å². The summed E-state index contributed by atoms with van der Waals surface area (Å²) in [6.45, 7) is 4.14. The van der Waals surface area contributed by atoms with Crippen molar-refractivity contribution in [3.05, 3.63) is 41.1 Å². The molecule has 0 amide bonds. The van der Waals surface area contributed by atoms with Gasteiger partial charge in [0.2, 0.25) is 0 Å². The van der Waals surface area contributed by atoms with Gasteiger partial charge in [-0.05, 0) is 25.0 Å². The maximum atomic E-state index is 5.91. The molecule has 0 heterocycles. The van der Waals surface area contributed by atoms with E-state index < -0.39 is 0 Å². The summed E-state index contributed by atoms with van der Waals surface area (Å²) in [5, 5.41) is 2.93. The van der Waals surface area contributed by atoms with Gasteiger partial charge in [0.25, 0.3) is 0 Å². The maximum absolute atomic E-state index is 5.91. The van der Waals surface area contributed by atoms with Crippen LogP contribution in [0.5, 0.6) is 0 Å². The standard InChI is InChI=1S/C11H16N2/c1-8-5-4-6-9(2)11(8)10(12)7-13-3/h4-7,13H,12H2,1-3H3/b10-7-. The summed E-state index contributed by atoms with van der Waals surface area (Å²) in [7, 11) is 1.85. The third-order valence-corrected chi connectivity index (χ3v) is 2.07. The Morgan fingerprint density at radius 1 is 1.31 bits per heavy atom. The molecule has 70 valence electrons. The molecule has 0 saturated heterocycles. The van der Waals surface area contributed by atoms with Crippen LogP contribution >= 0.6 is 0 Å². The van der Waals surface area contributed by atoms with Gasteiger partial charge in [-0.25, -0.2) is 0 Å². The third-order valence-electron chi connectivity index (χ3n) is 2.07. The quantitative estimate of drug-likeness (QED) is 0.721. The maximum Gasteiger partial charge on any atom is 0.0552 e. The van der Waals surface area contributed by atoms with Gasteiger partial charge in [0.1, 0.15) is 0 Å². The van der Waals surface area contributed by atoms with Crippen LogP contribution in [0.3, 0.4) is 0 Å². The first-order valence-corrected chi connectivity index (χ1v) is 4.36. The van der Waals surface area contributed by atoms with E-state index >= 15 is 0 Å². The Kier molecular flexibility index (Phi) is 2.96. The highest BCUT2D eigenvalue weighted by Gasteiger charge is 2.03. The topological polar surface area (TPSA) is 38.0 Å². The number of aryl methyl sites for hydroxylation is 2. The molecule has 0 aliphatic rings. The summed E-state index contributed by atoms with van der Waals surface area (Å²) >= 11 is 0. The third kappa shape index (κ3) is 2.02. The second kappa shape index (κ2) is 3.99. The summed E-state index contributed by atoms with van der Waals surface area (Å²) in [6, 6.07) is 6.18. The zero-order valence-electron chi connectivity index (χ0n) is 8.39. The van der Waals surface area contributed by atoms with Gasteiger partial charge in [0, 0.05) is 18.8 Å². The SMILES string of the molecule is CN/C=C(\N)c1c(C)cccc1C. The lowest BCUT2D eigenvalue weighted by atomic mass is 10.0. The molecular weight excluding hydrogens is 160 g/mol. The fraction of sp³-hybridized carbons (Fsp3) is 0.273. The summed E-state index contributed by atoms with van der Waals surface area (Å²) in [5.74, 6) is 0. The van der Waals surface area contributed by atoms with Crippen LogP contribution in [-0.2, 0) is 0 Å². The lowest BCUT2D eigenvalue weighted by Crippen LogP contribution is -2.06. The van der Waals surface area contributed by atoms with E-state index in [2.05, 4.69) is 31.3 Å². The molecule has 3 N–H and O–H groups in total.